The molecule has 1 fully saturated rings. The molecule has 94 valence electrons. The second-order valence-corrected chi connectivity index (χ2v) is 4.62. The maximum atomic E-state index is 10.1. The number of benzene rings is 1. The first-order chi connectivity index (χ1) is 8.84. The van der Waals surface area contributed by atoms with Crippen LogP contribution in [0.1, 0.15) is 11.1 Å². The van der Waals surface area contributed by atoms with Crippen LogP contribution in [0.4, 0.5) is 0 Å². The normalized spacial score (nSPS) is 25.3. The molecule has 0 spiro atoms. The summed E-state index contributed by atoms with van der Waals surface area (Å²) in [5.41, 5.74) is 3.27. The van der Waals surface area contributed by atoms with Crippen molar-refractivity contribution < 1.29 is 9.84 Å². The van der Waals surface area contributed by atoms with Crippen molar-refractivity contribution in [2.45, 2.75) is 6.10 Å². The van der Waals surface area contributed by atoms with Gasteiger partial charge in [-0.05, 0) is 11.1 Å². The first-order valence-electron chi connectivity index (χ1n) is 6.34. The van der Waals surface area contributed by atoms with Gasteiger partial charge in [-0.25, -0.2) is 0 Å². The molecule has 3 nitrogen and oxygen atoms in total. The van der Waals surface area contributed by atoms with E-state index in [2.05, 4.69) is 23.2 Å². The predicted octanol–water partition coefficient (Wildman–Crippen LogP) is 1.75. The van der Waals surface area contributed by atoms with Gasteiger partial charge in [-0.1, -0.05) is 36.4 Å². The highest BCUT2D eigenvalue weighted by molar-refractivity contribution is 5.81. The van der Waals surface area contributed by atoms with Gasteiger partial charge in [-0.2, -0.15) is 0 Å². The summed E-state index contributed by atoms with van der Waals surface area (Å²) in [5, 5.41) is 10.1. The molecule has 1 atom stereocenters. The van der Waals surface area contributed by atoms with Crippen molar-refractivity contribution in [3.8, 4) is 0 Å². The third-order valence-electron chi connectivity index (χ3n) is 3.42. The average Bonchev–Trinajstić information content (AvgIpc) is 2.43. The highest BCUT2D eigenvalue weighted by Gasteiger charge is 2.19. The standard InChI is InChI=1S/C15H17NO2/c17-15-6-5-12-3-1-2-4-13(12)14(15)11-16-7-9-18-10-8-16/h1-6,11,15,17H,7-10H2/b14-11+. The summed E-state index contributed by atoms with van der Waals surface area (Å²) in [7, 11) is 0. The molecule has 1 aliphatic carbocycles. The summed E-state index contributed by atoms with van der Waals surface area (Å²) >= 11 is 0. The van der Waals surface area contributed by atoms with E-state index in [1.54, 1.807) is 0 Å². The number of rotatable bonds is 1. The van der Waals surface area contributed by atoms with E-state index in [1.807, 2.05) is 24.3 Å². The summed E-state index contributed by atoms with van der Waals surface area (Å²) in [4.78, 5) is 2.22. The number of hydrogen-bond acceptors (Lipinski definition) is 3. The monoisotopic (exact) mass is 243 g/mol. The number of aliphatic hydroxyl groups excluding tert-OH is 1. The Hall–Kier alpha value is -1.58. The number of aliphatic hydroxyl groups is 1. The summed E-state index contributed by atoms with van der Waals surface area (Å²) < 4.78 is 5.34. The van der Waals surface area contributed by atoms with Crippen LogP contribution in [0.15, 0.2) is 36.5 Å². The molecule has 3 rings (SSSR count). The molecule has 1 saturated heterocycles. The Morgan fingerprint density at radius 2 is 2.00 bits per heavy atom. The summed E-state index contributed by atoms with van der Waals surface area (Å²) in [6.45, 7) is 3.30. The van der Waals surface area contributed by atoms with Crippen LogP contribution in [-0.2, 0) is 4.74 Å². The minimum absolute atomic E-state index is 0.511. The maximum Gasteiger partial charge on any atom is 0.0995 e. The van der Waals surface area contributed by atoms with E-state index in [9.17, 15) is 5.11 Å². The summed E-state index contributed by atoms with van der Waals surface area (Å²) in [5.74, 6) is 0. The molecule has 0 radical (unpaired) electrons. The molecule has 0 bridgehead atoms. The Morgan fingerprint density at radius 3 is 2.83 bits per heavy atom. The quantitative estimate of drug-likeness (QED) is 0.815. The van der Waals surface area contributed by atoms with E-state index in [0.717, 1.165) is 37.4 Å². The highest BCUT2D eigenvalue weighted by Crippen LogP contribution is 2.29. The molecule has 1 aromatic rings. The fourth-order valence-corrected chi connectivity index (χ4v) is 2.41. The van der Waals surface area contributed by atoms with E-state index in [1.165, 1.54) is 5.56 Å². The van der Waals surface area contributed by atoms with Crippen molar-refractivity contribution in [2.75, 3.05) is 26.3 Å². The van der Waals surface area contributed by atoms with Crippen molar-refractivity contribution in [3.63, 3.8) is 0 Å². The Bertz CT molecular complexity index is 487. The largest absolute Gasteiger partial charge is 0.384 e. The van der Waals surface area contributed by atoms with Crippen LogP contribution in [0.5, 0.6) is 0 Å². The van der Waals surface area contributed by atoms with Crippen molar-refractivity contribution in [3.05, 3.63) is 47.7 Å². The molecule has 1 heterocycles. The third-order valence-corrected chi connectivity index (χ3v) is 3.42. The van der Waals surface area contributed by atoms with E-state index < -0.39 is 6.10 Å². The Morgan fingerprint density at radius 1 is 1.22 bits per heavy atom. The lowest BCUT2D eigenvalue weighted by molar-refractivity contribution is 0.0593. The van der Waals surface area contributed by atoms with Gasteiger partial charge in [0, 0.05) is 24.9 Å². The molecule has 0 aromatic heterocycles. The SMILES string of the molecule is OC1C=Cc2ccccc2/C1=C\N1CCOCC1. The predicted molar refractivity (Wildman–Crippen MR) is 71.9 cm³/mol. The zero-order chi connectivity index (χ0) is 12.4. The van der Waals surface area contributed by atoms with Crippen molar-refractivity contribution in [1.29, 1.82) is 0 Å². The zero-order valence-electron chi connectivity index (χ0n) is 10.2. The number of nitrogens with zero attached hydrogens (tertiary/aromatic N) is 1. The van der Waals surface area contributed by atoms with Gasteiger partial charge < -0.3 is 14.7 Å². The fourth-order valence-electron chi connectivity index (χ4n) is 2.41. The maximum absolute atomic E-state index is 10.1. The lowest BCUT2D eigenvalue weighted by atomic mass is 9.91. The van der Waals surface area contributed by atoms with Gasteiger partial charge in [0.05, 0.1) is 19.3 Å². The molecular weight excluding hydrogens is 226 g/mol. The zero-order valence-corrected chi connectivity index (χ0v) is 10.2. The lowest BCUT2D eigenvalue weighted by Gasteiger charge is -2.28. The van der Waals surface area contributed by atoms with Gasteiger partial charge in [-0.3, -0.25) is 0 Å². The number of fused-ring (bicyclic) bond motifs is 1. The Labute approximate surface area is 107 Å². The number of hydrogen-bond donors (Lipinski definition) is 1. The minimum Gasteiger partial charge on any atom is -0.384 e. The van der Waals surface area contributed by atoms with Crippen LogP contribution in [0.2, 0.25) is 0 Å². The topological polar surface area (TPSA) is 32.7 Å². The van der Waals surface area contributed by atoms with Crippen LogP contribution in [0.3, 0.4) is 0 Å². The van der Waals surface area contributed by atoms with Gasteiger partial charge in [0.2, 0.25) is 0 Å². The van der Waals surface area contributed by atoms with E-state index in [-0.39, 0.29) is 0 Å². The van der Waals surface area contributed by atoms with Gasteiger partial charge >= 0.3 is 0 Å². The first-order valence-corrected chi connectivity index (χ1v) is 6.34. The summed E-state index contributed by atoms with van der Waals surface area (Å²) in [6.07, 6.45) is 5.39. The third kappa shape index (κ3) is 2.19. The van der Waals surface area contributed by atoms with E-state index in [4.69, 9.17) is 4.74 Å². The molecule has 18 heavy (non-hydrogen) atoms. The van der Waals surface area contributed by atoms with Crippen molar-refractivity contribution in [2.24, 2.45) is 0 Å². The van der Waals surface area contributed by atoms with Gasteiger partial charge in [0.1, 0.15) is 0 Å². The smallest absolute Gasteiger partial charge is 0.0995 e. The number of morpholine rings is 1. The van der Waals surface area contributed by atoms with Gasteiger partial charge in [0.25, 0.3) is 0 Å². The Balaban J connectivity index is 1.94. The summed E-state index contributed by atoms with van der Waals surface area (Å²) in [6, 6.07) is 8.17. The molecular formula is C15H17NO2. The van der Waals surface area contributed by atoms with Crippen LogP contribution in [-0.4, -0.2) is 42.4 Å². The molecule has 2 aliphatic rings. The average molecular weight is 243 g/mol. The van der Waals surface area contributed by atoms with Crippen molar-refractivity contribution >= 4 is 11.6 Å². The van der Waals surface area contributed by atoms with Gasteiger partial charge in [0.15, 0.2) is 0 Å². The second-order valence-electron chi connectivity index (χ2n) is 4.62. The van der Waals surface area contributed by atoms with Crippen LogP contribution in [0, 0.1) is 0 Å². The van der Waals surface area contributed by atoms with Crippen LogP contribution >= 0.6 is 0 Å². The lowest BCUT2D eigenvalue weighted by Crippen LogP contribution is -2.33. The molecule has 1 aromatic carbocycles. The second kappa shape index (κ2) is 4.96. The van der Waals surface area contributed by atoms with Gasteiger partial charge in [-0.15, -0.1) is 0 Å². The molecule has 1 N–H and O–H groups in total. The number of ether oxygens (including phenoxy) is 1. The molecule has 0 saturated carbocycles. The molecule has 0 amide bonds. The first kappa shape index (κ1) is 11.5. The van der Waals surface area contributed by atoms with Crippen LogP contribution < -0.4 is 0 Å². The highest BCUT2D eigenvalue weighted by atomic mass is 16.5. The molecule has 1 unspecified atom stereocenters. The van der Waals surface area contributed by atoms with E-state index in [0.29, 0.717) is 0 Å². The fraction of sp³-hybridized carbons (Fsp3) is 0.333. The van der Waals surface area contributed by atoms with E-state index >= 15 is 0 Å². The van der Waals surface area contributed by atoms with Crippen LogP contribution in [0.25, 0.3) is 11.6 Å². The van der Waals surface area contributed by atoms with Crippen molar-refractivity contribution in [1.82, 2.24) is 4.90 Å². The molecule has 1 aliphatic heterocycles. The Kier molecular flexibility index (Phi) is 3.17. The minimum atomic E-state index is -0.511. The molecule has 3 heteroatoms.